The van der Waals surface area contributed by atoms with Gasteiger partial charge in [0.05, 0.1) is 0 Å². The number of piperidine rings is 1. The van der Waals surface area contributed by atoms with Crippen LogP contribution in [0.1, 0.15) is 26.2 Å². The van der Waals surface area contributed by atoms with Crippen molar-refractivity contribution in [3.63, 3.8) is 0 Å². The van der Waals surface area contributed by atoms with Gasteiger partial charge in [0.15, 0.2) is 0 Å². The van der Waals surface area contributed by atoms with Crippen LogP contribution in [-0.4, -0.2) is 48.6 Å². The Morgan fingerprint density at radius 3 is 2.50 bits per heavy atom. The molecule has 1 saturated heterocycles. The molecule has 1 aliphatic heterocycles. The maximum Gasteiger partial charge on any atom is 0.319 e. The van der Waals surface area contributed by atoms with E-state index < -0.39 is 0 Å². The molecule has 1 fully saturated rings. The highest BCUT2D eigenvalue weighted by Crippen LogP contribution is 2.10. The molecule has 1 aliphatic rings. The number of hydrogen-bond acceptors (Lipinski definition) is 2. The number of amides is 2. The summed E-state index contributed by atoms with van der Waals surface area (Å²) in [6.07, 6.45) is 3.52. The van der Waals surface area contributed by atoms with Gasteiger partial charge in [0.1, 0.15) is 0 Å². The topological polar surface area (TPSA) is 49.6 Å². The van der Waals surface area contributed by atoms with Gasteiger partial charge in [-0.15, -0.1) is 0 Å². The second kappa shape index (κ2) is 5.20. The maximum absolute atomic E-state index is 11.8. The van der Waals surface area contributed by atoms with Crippen molar-refractivity contribution in [2.45, 2.75) is 32.2 Å². The smallest absolute Gasteiger partial charge is 0.319 e. The summed E-state index contributed by atoms with van der Waals surface area (Å²) in [5.41, 5.74) is 5.65. The Bertz CT molecular complexity index is 188. The van der Waals surface area contributed by atoms with E-state index in [9.17, 15) is 4.79 Å². The lowest BCUT2D eigenvalue weighted by atomic mass is 10.1. The van der Waals surface area contributed by atoms with Crippen molar-refractivity contribution in [1.29, 1.82) is 0 Å². The predicted octanol–water partition coefficient (Wildman–Crippen LogP) is 0.871. The number of likely N-dealkylation sites (N-methyl/N-ethyl adjacent to an activating group) is 1. The normalized spacial score (nSPS) is 19.2. The van der Waals surface area contributed by atoms with Crippen molar-refractivity contribution in [3.8, 4) is 0 Å². The van der Waals surface area contributed by atoms with Gasteiger partial charge in [0.25, 0.3) is 0 Å². The summed E-state index contributed by atoms with van der Waals surface area (Å²) in [6.45, 7) is 4.36. The van der Waals surface area contributed by atoms with Gasteiger partial charge in [0, 0.05) is 32.7 Å². The van der Waals surface area contributed by atoms with Crippen LogP contribution in [0.2, 0.25) is 0 Å². The SMILES string of the molecule is CC(N)CN(C)C(=O)N1CCCCC1. The first-order valence-corrected chi connectivity index (χ1v) is 5.37. The van der Waals surface area contributed by atoms with E-state index in [0.717, 1.165) is 25.9 Å². The van der Waals surface area contributed by atoms with Gasteiger partial charge in [-0.1, -0.05) is 0 Å². The standard InChI is InChI=1S/C10H21N3O/c1-9(11)8-12(2)10(14)13-6-4-3-5-7-13/h9H,3-8,11H2,1-2H3. The van der Waals surface area contributed by atoms with Crippen molar-refractivity contribution in [3.05, 3.63) is 0 Å². The van der Waals surface area contributed by atoms with Gasteiger partial charge in [0.2, 0.25) is 0 Å². The van der Waals surface area contributed by atoms with Gasteiger partial charge in [-0.25, -0.2) is 4.79 Å². The van der Waals surface area contributed by atoms with Crippen molar-refractivity contribution < 1.29 is 4.79 Å². The molecular formula is C10H21N3O. The molecule has 0 aromatic rings. The van der Waals surface area contributed by atoms with E-state index in [-0.39, 0.29) is 12.1 Å². The number of hydrogen-bond donors (Lipinski definition) is 1. The van der Waals surface area contributed by atoms with Crippen molar-refractivity contribution in [1.82, 2.24) is 9.80 Å². The van der Waals surface area contributed by atoms with Crippen LogP contribution in [0.4, 0.5) is 4.79 Å². The summed E-state index contributed by atoms with van der Waals surface area (Å²) < 4.78 is 0. The van der Waals surface area contributed by atoms with Crippen LogP contribution in [0.25, 0.3) is 0 Å². The molecule has 0 aliphatic carbocycles. The lowest BCUT2D eigenvalue weighted by Crippen LogP contribution is -2.46. The molecule has 1 unspecified atom stereocenters. The second-order valence-corrected chi connectivity index (χ2v) is 4.19. The fourth-order valence-electron chi connectivity index (χ4n) is 1.84. The zero-order valence-electron chi connectivity index (χ0n) is 9.20. The Hall–Kier alpha value is -0.770. The third-order valence-corrected chi connectivity index (χ3v) is 2.51. The quantitative estimate of drug-likeness (QED) is 0.717. The van der Waals surface area contributed by atoms with E-state index in [1.807, 2.05) is 18.9 Å². The van der Waals surface area contributed by atoms with Crippen LogP contribution in [0.5, 0.6) is 0 Å². The van der Waals surface area contributed by atoms with Crippen molar-refractivity contribution in [2.24, 2.45) is 5.73 Å². The van der Waals surface area contributed by atoms with Gasteiger partial charge in [-0.3, -0.25) is 0 Å². The maximum atomic E-state index is 11.8. The molecule has 4 nitrogen and oxygen atoms in total. The van der Waals surface area contributed by atoms with Crippen molar-refractivity contribution in [2.75, 3.05) is 26.7 Å². The second-order valence-electron chi connectivity index (χ2n) is 4.19. The Labute approximate surface area is 86.0 Å². The Balaban J connectivity index is 2.38. The molecule has 0 aromatic heterocycles. The third-order valence-electron chi connectivity index (χ3n) is 2.51. The number of rotatable bonds is 2. The zero-order chi connectivity index (χ0) is 10.6. The first-order valence-electron chi connectivity index (χ1n) is 5.37. The monoisotopic (exact) mass is 199 g/mol. The molecule has 1 atom stereocenters. The third kappa shape index (κ3) is 3.18. The van der Waals surface area contributed by atoms with Gasteiger partial charge in [-0.05, 0) is 26.2 Å². The highest BCUT2D eigenvalue weighted by molar-refractivity contribution is 5.74. The molecule has 82 valence electrons. The minimum atomic E-state index is 0.0498. The molecule has 0 spiro atoms. The molecule has 0 saturated carbocycles. The van der Waals surface area contributed by atoms with E-state index >= 15 is 0 Å². The Morgan fingerprint density at radius 1 is 1.43 bits per heavy atom. The fraction of sp³-hybridized carbons (Fsp3) is 0.900. The minimum absolute atomic E-state index is 0.0498. The first-order chi connectivity index (χ1) is 6.61. The van der Waals surface area contributed by atoms with Crippen LogP contribution < -0.4 is 5.73 Å². The molecule has 1 rings (SSSR count). The summed E-state index contributed by atoms with van der Waals surface area (Å²) in [7, 11) is 1.82. The lowest BCUT2D eigenvalue weighted by Gasteiger charge is -2.31. The van der Waals surface area contributed by atoms with Crippen LogP contribution >= 0.6 is 0 Å². The van der Waals surface area contributed by atoms with E-state index in [1.165, 1.54) is 6.42 Å². The average Bonchev–Trinajstić information content (AvgIpc) is 2.17. The van der Waals surface area contributed by atoms with E-state index in [0.29, 0.717) is 6.54 Å². The molecule has 2 N–H and O–H groups in total. The molecule has 1 heterocycles. The Morgan fingerprint density at radius 2 is 2.00 bits per heavy atom. The zero-order valence-corrected chi connectivity index (χ0v) is 9.20. The van der Waals surface area contributed by atoms with Gasteiger partial charge < -0.3 is 15.5 Å². The fourth-order valence-corrected chi connectivity index (χ4v) is 1.84. The largest absolute Gasteiger partial charge is 0.326 e. The molecular weight excluding hydrogens is 178 g/mol. The van der Waals surface area contributed by atoms with Gasteiger partial charge in [-0.2, -0.15) is 0 Å². The summed E-state index contributed by atoms with van der Waals surface area (Å²) in [4.78, 5) is 15.5. The van der Waals surface area contributed by atoms with E-state index in [4.69, 9.17) is 5.73 Å². The average molecular weight is 199 g/mol. The molecule has 2 amide bonds. The number of carbonyl (C=O) groups is 1. The lowest BCUT2D eigenvalue weighted by molar-refractivity contribution is 0.151. The summed E-state index contributed by atoms with van der Waals surface area (Å²) in [6, 6.07) is 0.177. The molecule has 0 radical (unpaired) electrons. The first kappa shape index (κ1) is 11.3. The van der Waals surface area contributed by atoms with Crippen LogP contribution in [0.15, 0.2) is 0 Å². The number of likely N-dealkylation sites (tertiary alicyclic amines) is 1. The molecule has 0 aromatic carbocycles. The number of carbonyl (C=O) groups excluding carboxylic acids is 1. The highest BCUT2D eigenvalue weighted by Gasteiger charge is 2.20. The van der Waals surface area contributed by atoms with Crippen LogP contribution in [-0.2, 0) is 0 Å². The minimum Gasteiger partial charge on any atom is -0.326 e. The summed E-state index contributed by atoms with van der Waals surface area (Å²) in [5, 5.41) is 0. The Kier molecular flexibility index (Phi) is 4.20. The number of nitrogens with two attached hydrogens (primary N) is 1. The number of urea groups is 1. The van der Waals surface area contributed by atoms with E-state index in [1.54, 1.807) is 4.90 Å². The predicted molar refractivity (Wildman–Crippen MR) is 57.1 cm³/mol. The molecule has 4 heteroatoms. The highest BCUT2D eigenvalue weighted by atomic mass is 16.2. The summed E-state index contributed by atoms with van der Waals surface area (Å²) >= 11 is 0. The molecule has 0 bridgehead atoms. The van der Waals surface area contributed by atoms with Gasteiger partial charge >= 0.3 is 6.03 Å². The van der Waals surface area contributed by atoms with Crippen molar-refractivity contribution >= 4 is 6.03 Å². The van der Waals surface area contributed by atoms with E-state index in [2.05, 4.69) is 0 Å². The summed E-state index contributed by atoms with van der Waals surface area (Å²) in [5.74, 6) is 0. The number of nitrogens with zero attached hydrogens (tertiary/aromatic N) is 2. The van der Waals surface area contributed by atoms with Crippen LogP contribution in [0.3, 0.4) is 0 Å². The van der Waals surface area contributed by atoms with Crippen LogP contribution in [0, 0.1) is 0 Å². The molecule has 14 heavy (non-hydrogen) atoms.